The average Bonchev–Trinajstić information content (AvgIpc) is 2.47. The van der Waals surface area contributed by atoms with Gasteiger partial charge in [0.05, 0.1) is 21.5 Å². The van der Waals surface area contributed by atoms with Gasteiger partial charge in [0.25, 0.3) is 0 Å². The second-order valence-electron chi connectivity index (χ2n) is 4.09. The summed E-state index contributed by atoms with van der Waals surface area (Å²) in [6.45, 7) is 0. The van der Waals surface area contributed by atoms with Crippen LogP contribution in [0.5, 0.6) is 0 Å². The molecule has 0 fully saturated rings. The number of hydrogen-bond donors (Lipinski definition) is 1. The van der Waals surface area contributed by atoms with Crippen molar-refractivity contribution in [3.63, 3.8) is 0 Å². The summed E-state index contributed by atoms with van der Waals surface area (Å²) in [4.78, 5) is 13.8. The molecule has 0 aromatic heterocycles. The number of hydrogen-bond acceptors (Lipinski definition) is 3. The molecule has 6 heteroatoms. The smallest absolute Gasteiger partial charge is 0.234 e. The van der Waals surface area contributed by atoms with E-state index in [9.17, 15) is 4.79 Å². The maximum atomic E-state index is 12.0. The van der Waals surface area contributed by atoms with E-state index in [0.29, 0.717) is 10.0 Å². The first-order valence-corrected chi connectivity index (χ1v) is 9.08. The summed E-state index contributed by atoms with van der Waals surface area (Å²) in [6.07, 6.45) is 1.98. The monoisotopic (exact) mass is 357 g/mol. The van der Waals surface area contributed by atoms with Crippen molar-refractivity contribution in [1.82, 2.24) is 0 Å². The van der Waals surface area contributed by atoms with Gasteiger partial charge in [0.15, 0.2) is 0 Å². The summed E-state index contributed by atoms with van der Waals surface area (Å²) >= 11 is 15.1. The molecular formula is C15H13Cl2NOS2. The van der Waals surface area contributed by atoms with Gasteiger partial charge in [0, 0.05) is 9.79 Å². The first-order valence-electron chi connectivity index (χ1n) is 6.11. The molecule has 0 saturated carbocycles. The van der Waals surface area contributed by atoms with Gasteiger partial charge in [-0.3, -0.25) is 4.79 Å². The van der Waals surface area contributed by atoms with Crippen molar-refractivity contribution in [2.24, 2.45) is 0 Å². The van der Waals surface area contributed by atoms with Gasteiger partial charge in [0.1, 0.15) is 0 Å². The third-order valence-electron chi connectivity index (χ3n) is 2.65. The van der Waals surface area contributed by atoms with Crippen LogP contribution in [0.1, 0.15) is 0 Å². The molecule has 0 atom stereocenters. The highest BCUT2D eigenvalue weighted by molar-refractivity contribution is 8.00. The maximum absolute atomic E-state index is 12.0. The molecule has 0 aliphatic heterocycles. The van der Waals surface area contributed by atoms with E-state index < -0.39 is 0 Å². The predicted octanol–water partition coefficient (Wildman–Crippen LogP) is 5.45. The van der Waals surface area contributed by atoms with Crippen molar-refractivity contribution in [1.29, 1.82) is 0 Å². The molecule has 21 heavy (non-hydrogen) atoms. The van der Waals surface area contributed by atoms with Crippen molar-refractivity contribution in [2.75, 3.05) is 17.3 Å². The Morgan fingerprint density at radius 1 is 1.10 bits per heavy atom. The van der Waals surface area contributed by atoms with E-state index in [-0.39, 0.29) is 11.7 Å². The second kappa shape index (κ2) is 7.99. The van der Waals surface area contributed by atoms with Crippen LogP contribution in [0, 0.1) is 0 Å². The van der Waals surface area contributed by atoms with E-state index in [1.807, 2.05) is 30.5 Å². The third-order valence-corrected chi connectivity index (χ3v) is 5.43. The first-order chi connectivity index (χ1) is 10.1. The normalized spacial score (nSPS) is 10.4. The van der Waals surface area contributed by atoms with Gasteiger partial charge in [-0.15, -0.1) is 23.5 Å². The van der Waals surface area contributed by atoms with Crippen LogP contribution < -0.4 is 5.32 Å². The number of carbonyl (C=O) groups is 1. The Morgan fingerprint density at radius 2 is 1.76 bits per heavy atom. The molecule has 2 aromatic rings. The van der Waals surface area contributed by atoms with Crippen LogP contribution in [0.2, 0.25) is 10.0 Å². The first kappa shape index (κ1) is 16.6. The number of para-hydroxylation sites is 1. The Bertz CT molecular complexity index is 629. The van der Waals surface area contributed by atoms with E-state index in [1.54, 1.807) is 30.0 Å². The fourth-order valence-corrected chi connectivity index (χ4v) is 3.73. The SMILES string of the molecule is CSc1ccccc1NC(=O)CSc1c(Cl)cccc1Cl. The summed E-state index contributed by atoms with van der Waals surface area (Å²) in [7, 11) is 0. The van der Waals surface area contributed by atoms with Crippen LogP contribution in [0.15, 0.2) is 52.3 Å². The molecule has 0 aliphatic rings. The zero-order valence-corrected chi connectivity index (χ0v) is 14.4. The minimum absolute atomic E-state index is 0.0857. The number of halogens is 2. The molecule has 0 unspecified atom stereocenters. The largest absolute Gasteiger partial charge is 0.324 e. The Morgan fingerprint density at radius 3 is 2.43 bits per heavy atom. The molecule has 1 amide bonds. The van der Waals surface area contributed by atoms with Crippen molar-refractivity contribution in [3.05, 3.63) is 52.5 Å². The van der Waals surface area contributed by atoms with Crippen LogP contribution in [0.4, 0.5) is 5.69 Å². The number of amides is 1. The summed E-state index contributed by atoms with van der Waals surface area (Å²) in [5.41, 5.74) is 0.820. The van der Waals surface area contributed by atoms with E-state index >= 15 is 0 Å². The van der Waals surface area contributed by atoms with Gasteiger partial charge in [0.2, 0.25) is 5.91 Å². The summed E-state index contributed by atoms with van der Waals surface area (Å²) in [5, 5.41) is 4.02. The number of carbonyl (C=O) groups excluding carboxylic acids is 1. The summed E-state index contributed by atoms with van der Waals surface area (Å²) in [5.74, 6) is 0.170. The topological polar surface area (TPSA) is 29.1 Å². The Labute approximate surface area is 142 Å². The van der Waals surface area contributed by atoms with Crippen LogP contribution in [-0.4, -0.2) is 17.9 Å². The van der Waals surface area contributed by atoms with Gasteiger partial charge in [-0.05, 0) is 30.5 Å². The van der Waals surface area contributed by atoms with Crippen molar-refractivity contribution in [3.8, 4) is 0 Å². The lowest BCUT2D eigenvalue weighted by atomic mass is 10.3. The predicted molar refractivity (Wildman–Crippen MR) is 94.0 cm³/mol. The number of benzene rings is 2. The maximum Gasteiger partial charge on any atom is 0.234 e. The molecule has 0 saturated heterocycles. The van der Waals surface area contributed by atoms with Crippen LogP contribution in [-0.2, 0) is 4.79 Å². The fraction of sp³-hybridized carbons (Fsp3) is 0.133. The molecule has 2 nitrogen and oxygen atoms in total. The molecule has 0 heterocycles. The Hall–Kier alpha value is -0.810. The molecular weight excluding hydrogens is 345 g/mol. The standard InChI is InChI=1S/C15H13Cl2NOS2/c1-20-13-8-3-2-7-12(13)18-14(19)9-21-15-10(16)5-4-6-11(15)17/h2-8H,9H2,1H3,(H,18,19). The highest BCUT2D eigenvalue weighted by Crippen LogP contribution is 2.34. The molecule has 1 N–H and O–H groups in total. The minimum Gasteiger partial charge on any atom is -0.324 e. The lowest BCUT2D eigenvalue weighted by Crippen LogP contribution is -2.14. The molecule has 2 rings (SSSR count). The summed E-state index contributed by atoms with van der Waals surface area (Å²) < 4.78 is 0. The average molecular weight is 358 g/mol. The van der Waals surface area contributed by atoms with Crippen molar-refractivity contribution < 1.29 is 4.79 Å². The molecule has 0 aliphatic carbocycles. The third kappa shape index (κ3) is 4.58. The number of rotatable bonds is 5. The van der Waals surface area contributed by atoms with Gasteiger partial charge in [-0.25, -0.2) is 0 Å². The van der Waals surface area contributed by atoms with Gasteiger partial charge in [-0.1, -0.05) is 41.4 Å². The van der Waals surface area contributed by atoms with Crippen LogP contribution in [0.25, 0.3) is 0 Å². The minimum atomic E-state index is -0.0857. The molecule has 0 radical (unpaired) electrons. The van der Waals surface area contributed by atoms with Gasteiger partial charge < -0.3 is 5.32 Å². The molecule has 110 valence electrons. The van der Waals surface area contributed by atoms with Crippen molar-refractivity contribution >= 4 is 58.3 Å². The van der Waals surface area contributed by atoms with Gasteiger partial charge in [-0.2, -0.15) is 0 Å². The quantitative estimate of drug-likeness (QED) is 0.721. The van der Waals surface area contributed by atoms with E-state index in [0.717, 1.165) is 15.5 Å². The lowest BCUT2D eigenvalue weighted by molar-refractivity contribution is -0.113. The zero-order chi connectivity index (χ0) is 15.2. The van der Waals surface area contributed by atoms with Crippen molar-refractivity contribution in [2.45, 2.75) is 9.79 Å². The molecule has 0 bridgehead atoms. The molecule has 2 aromatic carbocycles. The second-order valence-corrected chi connectivity index (χ2v) is 6.74. The van der Waals surface area contributed by atoms with E-state index in [4.69, 9.17) is 23.2 Å². The number of anilines is 1. The van der Waals surface area contributed by atoms with E-state index in [1.165, 1.54) is 11.8 Å². The molecule has 0 spiro atoms. The van der Waals surface area contributed by atoms with E-state index in [2.05, 4.69) is 5.32 Å². The zero-order valence-electron chi connectivity index (χ0n) is 11.2. The van der Waals surface area contributed by atoms with Crippen LogP contribution in [0.3, 0.4) is 0 Å². The summed E-state index contributed by atoms with van der Waals surface area (Å²) in [6, 6.07) is 13.0. The van der Waals surface area contributed by atoms with Crippen LogP contribution >= 0.6 is 46.7 Å². The highest BCUT2D eigenvalue weighted by Gasteiger charge is 2.10. The fourth-order valence-electron chi connectivity index (χ4n) is 1.69. The number of thioether (sulfide) groups is 2. The lowest BCUT2D eigenvalue weighted by Gasteiger charge is -2.10. The van der Waals surface area contributed by atoms with Gasteiger partial charge >= 0.3 is 0 Å². The highest BCUT2D eigenvalue weighted by atomic mass is 35.5. The Kier molecular flexibility index (Phi) is 6.30. The number of nitrogens with one attached hydrogen (secondary N) is 1. The Balaban J connectivity index is 1.99.